The van der Waals surface area contributed by atoms with Gasteiger partial charge in [-0.25, -0.2) is 9.07 Å². The maximum atomic E-state index is 14.5. The van der Waals surface area contributed by atoms with Crippen LogP contribution in [0.15, 0.2) is 48.5 Å². The molecule has 2 amide bonds. The molecule has 7 nitrogen and oxygen atoms in total. The number of carbonyl (C=O) groups excluding carboxylic acids is 2. The van der Waals surface area contributed by atoms with Crippen LogP contribution in [-0.2, 0) is 6.67 Å². The van der Waals surface area contributed by atoms with Gasteiger partial charge in [0.2, 0.25) is 0 Å². The summed E-state index contributed by atoms with van der Waals surface area (Å²) in [4.78, 5) is 29.1. The lowest BCUT2D eigenvalue weighted by atomic mass is 9.96. The molecule has 3 heterocycles. The first-order chi connectivity index (χ1) is 17.0. The van der Waals surface area contributed by atoms with Crippen molar-refractivity contribution < 1.29 is 14.0 Å². The predicted octanol–water partition coefficient (Wildman–Crippen LogP) is 4.52. The number of hydrogen-bond acceptors (Lipinski definition) is 5. The number of piperidine rings is 1. The van der Waals surface area contributed by atoms with Crippen LogP contribution in [0.4, 0.5) is 4.39 Å². The monoisotopic (exact) mass is 491 g/mol. The van der Waals surface area contributed by atoms with E-state index < -0.39 is 0 Å². The van der Waals surface area contributed by atoms with E-state index in [0.29, 0.717) is 40.5 Å². The molecule has 3 aromatic rings. The van der Waals surface area contributed by atoms with Gasteiger partial charge in [-0.05, 0) is 68.1 Å². The summed E-state index contributed by atoms with van der Waals surface area (Å²) in [5, 5.41) is 4.74. The van der Waals surface area contributed by atoms with Crippen molar-refractivity contribution >= 4 is 24.0 Å². The van der Waals surface area contributed by atoms with Gasteiger partial charge in [-0.2, -0.15) is 5.10 Å². The number of carbonyl (C=O) groups is 2. The number of nitrogens with zero attached hydrogens (tertiary/aromatic N) is 5. The molecule has 2 aliphatic heterocycles. The minimum atomic E-state index is -0.296. The number of hydrogen-bond donors (Lipinski definition) is 0. The zero-order chi connectivity index (χ0) is 24.1. The second-order valence-electron chi connectivity index (χ2n) is 9.66. The molecular formula is C26H26FN5O2S. The topological polar surface area (TPSA) is 63.4 Å². The molecule has 1 saturated heterocycles. The number of fused-ring (bicyclic) bond motifs is 1. The minimum absolute atomic E-state index is 0.189. The van der Waals surface area contributed by atoms with Gasteiger partial charge in [0.25, 0.3) is 11.8 Å². The Kier molecular flexibility index (Phi) is 5.61. The molecule has 6 rings (SSSR count). The van der Waals surface area contributed by atoms with Crippen molar-refractivity contribution in [3.05, 3.63) is 70.2 Å². The molecule has 0 unspecified atom stereocenters. The third-order valence-corrected chi connectivity index (χ3v) is 7.66. The van der Waals surface area contributed by atoms with E-state index >= 15 is 0 Å². The molecule has 0 radical (unpaired) electrons. The molecule has 0 bridgehead atoms. The first-order valence-electron chi connectivity index (χ1n) is 12.1. The van der Waals surface area contributed by atoms with Gasteiger partial charge < -0.3 is 0 Å². The molecule has 35 heavy (non-hydrogen) atoms. The minimum Gasteiger partial charge on any atom is -0.297 e. The summed E-state index contributed by atoms with van der Waals surface area (Å²) in [6.07, 6.45) is 3.82. The zero-order valence-electron chi connectivity index (χ0n) is 19.3. The van der Waals surface area contributed by atoms with Crippen molar-refractivity contribution in [2.45, 2.75) is 38.4 Å². The Bertz CT molecular complexity index is 1340. The fourth-order valence-corrected chi connectivity index (χ4v) is 5.50. The number of likely N-dealkylation sites (tertiary alicyclic amines) is 1. The van der Waals surface area contributed by atoms with Crippen molar-refractivity contribution in [2.24, 2.45) is 5.92 Å². The first-order valence-corrected chi connectivity index (χ1v) is 12.5. The lowest BCUT2D eigenvalue weighted by Gasteiger charge is -2.33. The number of aromatic nitrogens is 3. The highest BCUT2D eigenvalue weighted by Crippen LogP contribution is 2.39. The van der Waals surface area contributed by atoms with Gasteiger partial charge in [-0.3, -0.25) is 24.0 Å². The molecule has 1 aromatic heterocycles. The molecule has 1 aliphatic carbocycles. The second-order valence-corrected chi connectivity index (χ2v) is 10.0. The molecule has 9 heteroatoms. The van der Waals surface area contributed by atoms with E-state index in [1.54, 1.807) is 41.1 Å². The van der Waals surface area contributed by atoms with Gasteiger partial charge >= 0.3 is 0 Å². The standard InChI is InChI=1S/C26H26FN5O2S/c27-22-8-4-3-7-21(22)23-28-31(26(35)32(23)18-9-10-18)16-29-13-11-17(12-14-29)15-30-24(33)19-5-1-2-6-20(19)25(30)34/h1-8,17-18H,9-16H2. The number of halogens is 1. The van der Waals surface area contributed by atoms with E-state index in [1.807, 2.05) is 10.6 Å². The van der Waals surface area contributed by atoms with Crippen molar-refractivity contribution in [2.75, 3.05) is 19.6 Å². The van der Waals surface area contributed by atoms with Crippen molar-refractivity contribution in [3.8, 4) is 11.4 Å². The van der Waals surface area contributed by atoms with Gasteiger partial charge in [0.15, 0.2) is 10.6 Å². The Hall–Kier alpha value is -3.17. The van der Waals surface area contributed by atoms with E-state index in [0.717, 1.165) is 38.8 Å². The fourth-order valence-electron chi connectivity index (χ4n) is 5.16. The van der Waals surface area contributed by atoms with Gasteiger partial charge in [0, 0.05) is 25.7 Å². The van der Waals surface area contributed by atoms with E-state index in [2.05, 4.69) is 4.90 Å². The van der Waals surface area contributed by atoms with Gasteiger partial charge in [0.05, 0.1) is 23.4 Å². The Morgan fingerprint density at radius 3 is 2.09 bits per heavy atom. The Labute approximate surface area is 207 Å². The van der Waals surface area contributed by atoms with Crippen LogP contribution in [0.2, 0.25) is 0 Å². The molecule has 2 aromatic carbocycles. The average Bonchev–Trinajstić information content (AvgIpc) is 3.62. The first kappa shape index (κ1) is 22.3. The average molecular weight is 492 g/mol. The number of benzene rings is 2. The van der Waals surface area contributed by atoms with Gasteiger partial charge in [0.1, 0.15) is 5.82 Å². The highest BCUT2D eigenvalue weighted by molar-refractivity contribution is 7.71. The van der Waals surface area contributed by atoms with E-state index in [4.69, 9.17) is 17.3 Å². The lowest BCUT2D eigenvalue weighted by molar-refractivity contribution is 0.0585. The molecule has 0 atom stereocenters. The normalized spacial score (nSPS) is 18.9. The van der Waals surface area contributed by atoms with Crippen LogP contribution in [0, 0.1) is 16.5 Å². The Morgan fingerprint density at radius 1 is 0.886 bits per heavy atom. The highest BCUT2D eigenvalue weighted by Gasteiger charge is 2.37. The number of amides is 2. The predicted molar refractivity (Wildman–Crippen MR) is 131 cm³/mol. The summed E-state index contributed by atoms with van der Waals surface area (Å²) in [5.41, 5.74) is 1.48. The van der Waals surface area contributed by atoms with Crippen LogP contribution in [0.3, 0.4) is 0 Å². The van der Waals surface area contributed by atoms with Crippen LogP contribution in [0.25, 0.3) is 11.4 Å². The molecule has 1 saturated carbocycles. The van der Waals surface area contributed by atoms with Crippen molar-refractivity contribution in [1.29, 1.82) is 0 Å². The van der Waals surface area contributed by atoms with Gasteiger partial charge in [-0.15, -0.1) is 0 Å². The SMILES string of the molecule is O=C1c2ccccc2C(=O)N1CC1CCN(Cn2nc(-c3ccccc3F)n(C3CC3)c2=S)CC1. The smallest absolute Gasteiger partial charge is 0.261 e. The summed E-state index contributed by atoms with van der Waals surface area (Å²) in [6.45, 7) is 2.63. The van der Waals surface area contributed by atoms with Crippen LogP contribution in [0.5, 0.6) is 0 Å². The molecular weight excluding hydrogens is 465 g/mol. The van der Waals surface area contributed by atoms with Crippen molar-refractivity contribution in [1.82, 2.24) is 24.1 Å². The zero-order valence-corrected chi connectivity index (χ0v) is 20.1. The molecule has 180 valence electrons. The number of imide groups is 1. The maximum absolute atomic E-state index is 14.5. The second kappa shape index (κ2) is 8.80. The number of rotatable bonds is 6. The molecule has 3 aliphatic rings. The van der Waals surface area contributed by atoms with E-state index in [-0.39, 0.29) is 29.6 Å². The van der Waals surface area contributed by atoms with E-state index in [1.165, 1.54) is 11.0 Å². The molecule has 0 spiro atoms. The summed E-state index contributed by atoms with van der Waals surface area (Å²) in [7, 11) is 0. The van der Waals surface area contributed by atoms with Gasteiger partial charge in [-0.1, -0.05) is 24.3 Å². The third-order valence-electron chi connectivity index (χ3n) is 7.26. The Morgan fingerprint density at radius 2 is 1.49 bits per heavy atom. The summed E-state index contributed by atoms with van der Waals surface area (Å²) in [6, 6.07) is 14.0. The maximum Gasteiger partial charge on any atom is 0.261 e. The van der Waals surface area contributed by atoms with Crippen LogP contribution < -0.4 is 0 Å². The molecule has 2 fully saturated rings. The van der Waals surface area contributed by atoms with Crippen LogP contribution in [-0.4, -0.2) is 55.6 Å². The summed E-state index contributed by atoms with van der Waals surface area (Å²) in [5.74, 6) is 0.183. The summed E-state index contributed by atoms with van der Waals surface area (Å²) < 4.78 is 19.0. The Balaban J connectivity index is 1.13. The van der Waals surface area contributed by atoms with E-state index in [9.17, 15) is 14.0 Å². The van der Waals surface area contributed by atoms with Crippen molar-refractivity contribution in [3.63, 3.8) is 0 Å². The summed E-state index contributed by atoms with van der Waals surface area (Å²) >= 11 is 5.75. The highest BCUT2D eigenvalue weighted by atomic mass is 32.1. The fraction of sp³-hybridized carbons (Fsp3) is 0.385. The largest absolute Gasteiger partial charge is 0.297 e. The lowest BCUT2D eigenvalue weighted by Crippen LogP contribution is -2.41. The molecule has 0 N–H and O–H groups in total. The van der Waals surface area contributed by atoms with Crippen LogP contribution in [0.1, 0.15) is 52.4 Å². The van der Waals surface area contributed by atoms with Crippen LogP contribution >= 0.6 is 12.2 Å². The quantitative estimate of drug-likeness (QED) is 0.375. The third kappa shape index (κ3) is 4.02.